The molecule has 8 heteroatoms. The molecule has 0 aromatic rings. The Kier molecular flexibility index (Phi) is 4.52. The molecule has 1 fully saturated rings. The molecule has 1 aliphatic carbocycles. The maximum atomic E-state index is 9.91. The first kappa shape index (κ1) is 13.2. The van der Waals surface area contributed by atoms with Crippen molar-refractivity contribution in [1.82, 2.24) is 5.32 Å². The summed E-state index contributed by atoms with van der Waals surface area (Å²) in [5.74, 6) is -3.65. The maximum Gasteiger partial charge on any atom is 0.414 e. The van der Waals surface area contributed by atoms with Gasteiger partial charge in [-0.3, -0.25) is 0 Å². The van der Waals surface area contributed by atoms with E-state index in [0.717, 1.165) is 12.8 Å². The largest absolute Gasteiger partial charge is 0.473 e. The Balaban J connectivity index is 0.000000288. The summed E-state index contributed by atoms with van der Waals surface area (Å²) in [6.07, 6.45) is 0.882. The highest BCUT2D eigenvalue weighted by Gasteiger charge is 2.38. The van der Waals surface area contributed by atoms with Gasteiger partial charge in [0.05, 0.1) is 0 Å². The van der Waals surface area contributed by atoms with E-state index in [1.807, 2.05) is 0 Å². The fourth-order valence-corrected chi connectivity index (χ4v) is 0.589. The number of aliphatic carboxylic acids is 2. The van der Waals surface area contributed by atoms with Gasteiger partial charge in [0.25, 0.3) is 0 Å². The molecule has 8 nitrogen and oxygen atoms in total. The first-order valence-electron chi connectivity index (χ1n) is 3.99. The van der Waals surface area contributed by atoms with Gasteiger partial charge in [0.15, 0.2) is 0 Å². The zero-order valence-electron chi connectivity index (χ0n) is 7.77. The molecule has 0 aliphatic heterocycles. The molecule has 0 aromatic heterocycles. The maximum absolute atomic E-state index is 9.91. The molecule has 0 unspecified atom stereocenters. The zero-order valence-corrected chi connectivity index (χ0v) is 7.77. The first-order valence-corrected chi connectivity index (χ1v) is 3.99. The fraction of sp³-hybridized carbons (Fsp3) is 0.571. The van der Waals surface area contributed by atoms with Gasteiger partial charge in [-0.15, -0.1) is 0 Å². The van der Waals surface area contributed by atoms with Crippen LogP contribution in [0.5, 0.6) is 0 Å². The molecule has 0 heterocycles. The van der Waals surface area contributed by atoms with Crippen molar-refractivity contribution in [2.24, 2.45) is 5.73 Å². The molecule has 0 radical (unpaired) electrons. The van der Waals surface area contributed by atoms with Gasteiger partial charge in [0.1, 0.15) is 0 Å². The number of hydrogen-bond donors (Lipinski definition) is 5. The second kappa shape index (κ2) is 5.15. The van der Waals surface area contributed by atoms with Gasteiger partial charge in [-0.1, -0.05) is 0 Å². The topological polar surface area (TPSA) is 150 Å². The third kappa shape index (κ3) is 7.26. The Labute approximate surface area is 84.7 Å². The third-order valence-electron chi connectivity index (χ3n) is 1.67. The molecule has 1 saturated carbocycles. The van der Waals surface area contributed by atoms with Crippen LogP contribution in [0.25, 0.3) is 0 Å². The van der Waals surface area contributed by atoms with Crippen molar-refractivity contribution in [2.45, 2.75) is 18.4 Å². The molecule has 0 bridgehead atoms. The van der Waals surface area contributed by atoms with E-state index in [1.165, 1.54) is 0 Å². The minimum atomic E-state index is -1.82. The fourth-order valence-electron chi connectivity index (χ4n) is 0.589. The lowest BCUT2D eigenvalue weighted by molar-refractivity contribution is -0.159. The molecule has 0 atom stereocenters. The Bertz CT molecular complexity index is 261. The number of amides is 1. The van der Waals surface area contributed by atoms with E-state index in [-0.39, 0.29) is 5.54 Å². The zero-order chi connectivity index (χ0) is 12.1. The van der Waals surface area contributed by atoms with Crippen LogP contribution in [-0.2, 0) is 9.59 Å². The summed E-state index contributed by atoms with van der Waals surface area (Å²) in [6, 6.07) is 0. The number of hydrogen-bond acceptors (Lipinski definition) is 4. The van der Waals surface area contributed by atoms with Crippen molar-refractivity contribution in [2.75, 3.05) is 6.54 Å². The average molecular weight is 220 g/mol. The Morgan fingerprint density at radius 1 is 1.13 bits per heavy atom. The lowest BCUT2D eigenvalue weighted by Crippen LogP contribution is -2.38. The van der Waals surface area contributed by atoms with E-state index >= 15 is 0 Å². The van der Waals surface area contributed by atoms with Crippen LogP contribution in [0.1, 0.15) is 12.8 Å². The SMILES string of the molecule is NC1(CNC(=O)O)CC1.O=C(O)C(=O)O. The Hall–Kier alpha value is -1.83. The summed E-state index contributed by atoms with van der Waals surface area (Å²) in [5.41, 5.74) is 5.36. The molecule has 0 saturated heterocycles. The van der Waals surface area contributed by atoms with Crippen molar-refractivity contribution in [3.05, 3.63) is 0 Å². The van der Waals surface area contributed by atoms with Gasteiger partial charge in [-0.2, -0.15) is 0 Å². The molecular formula is C7H12N2O6. The monoisotopic (exact) mass is 220 g/mol. The van der Waals surface area contributed by atoms with Gasteiger partial charge >= 0.3 is 18.0 Å². The number of carboxylic acid groups (broad SMARTS) is 3. The van der Waals surface area contributed by atoms with E-state index in [2.05, 4.69) is 5.32 Å². The summed E-state index contributed by atoms with van der Waals surface area (Å²) in [6.45, 7) is 0.391. The smallest absolute Gasteiger partial charge is 0.414 e. The van der Waals surface area contributed by atoms with Crippen LogP contribution in [0.15, 0.2) is 0 Å². The van der Waals surface area contributed by atoms with Crippen molar-refractivity contribution in [3.63, 3.8) is 0 Å². The van der Waals surface area contributed by atoms with Crippen LogP contribution in [0.2, 0.25) is 0 Å². The van der Waals surface area contributed by atoms with Gasteiger partial charge < -0.3 is 26.4 Å². The standard InChI is InChI=1S/C5H10N2O2.C2H2O4/c6-5(1-2-5)3-7-4(8)9;3-1(4)2(5)6/h7H,1-3,6H2,(H,8,9);(H,3,4)(H,5,6). The Morgan fingerprint density at radius 3 is 1.73 bits per heavy atom. The number of carboxylic acids is 2. The van der Waals surface area contributed by atoms with E-state index in [0.29, 0.717) is 6.54 Å². The van der Waals surface area contributed by atoms with Crippen LogP contribution in [0, 0.1) is 0 Å². The number of rotatable bonds is 2. The second-order valence-corrected chi connectivity index (χ2v) is 3.13. The van der Waals surface area contributed by atoms with Crippen molar-refractivity contribution >= 4 is 18.0 Å². The third-order valence-corrected chi connectivity index (χ3v) is 1.67. The lowest BCUT2D eigenvalue weighted by atomic mass is 10.3. The van der Waals surface area contributed by atoms with Crippen molar-refractivity contribution < 1.29 is 29.7 Å². The van der Waals surface area contributed by atoms with Crippen LogP contribution in [-0.4, -0.2) is 45.4 Å². The van der Waals surface area contributed by atoms with E-state index in [1.54, 1.807) is 0 Å². The number of nitrogens with two attached hydrogens (primary N) is 1. The quantitative estimate of drug-likeness (QED) is 0.370. The summed E-state index contributed by atoms with van der Waals surface area (Å²) < 4.78 is 0. The van der Waals surface area contributed by atoms with E-state index in [9.17, 15) is 4.79 Å². The van der Waals surface area contributed by atoms with Crippen molar-refractivity contribution in [1.29, 1.82) is 0 Å². The van der Waals surface area contributed by atoms with Gasteiger partial charge in [-0.05, 0) is 12.8 Å². The van der Waals surface area contributed by atoms with Crippen LogP contribution in [0.3, 0.4) is 0 Å². The summed E-state index contributed by atoms with van der Waals surface area (Å²) in [4.78, 5) is 28.1. The average Bonchev–Trinajstić information content (AvgIpc) is 2.82. The molecule has 0 aromatic carbocycles. The minimum Gasteiger partial charge on any atom is -0.473 e. The van der Waals surface area contributed by atoms with Crippen LogP contribution in [0.4, 0.5) is 4.79 Å². The molecule has 86 valence electrons. The Morgan fingerprint density at radius 2 is 1.53 bits per heavy atom. The van der Waals surface area contributed by atoms with Gasteiger partial charge in [0.2, 0.25) is 0 Å². The second-order valence-electron chi connectivity index (χ2n) is 3.13. The molecule has 1 amide bonds. The molecule has 15 heavy (non-hydrogen) atoms. The predicted molar refractivity (Wildman–Crippen MR) is 47.5 cm³/mol. The summed E-state index contributed by atoms with van der Waals surface area (Å²) in [5, 5.41) is 25.2. The molecule has 6 N–H and O–H groups in total. The predicted octanol–water partition coefficient (Wildman–Crippen LogP) is -1.10. The number of carbonyl (C=O) groups is 3. The first-order chi connectivity index (χ1) is 6.77. The van der Waals surface area contributed by atoms with E-state index in [4.69, 9.17) is 30.6 Å². The molecule has 0 spiro atoms. The van der Waals surface area contributed by atoms with Crippen LogP contribution < -0.4 is 11.1 Å². The summed E-state index contributed by atoms with van der Waals surface area (Å²) >= 11 is 0. The van der Waals surface area contributed by atoms with Crippen molar-refractivity contribution in [3.8, 4) is 0 Å². The number of nitrogens with one attached hydrogen (secondary N) is 1. The minimum absolute atomic E-state index is 0.210. The highest BCUT2D eigenvalue weighted by atomic mass is 16.4. The lowest BCUT2D eigenvalue weighted by Gasteiger charge is -2.05. The molecule has 1 aliphatic rings. The highest BCUT2D eigenvalue weighted by molar-refractivity contribution is 6.27. The van der Waals surface area contributed by atoms with Crippen LogP contribution >= 0.6 is 0 Å². The summed E-state index contributed by atoms with van der Waals surface area (Å²) in [7, 11) is 0. The van der Waals surface area contributed by atoms with Gasteiger partial charge in [-0.25, -0.2) is 14.4 Å². The molecule has 1 rings (SSSR count). The van der Waals surface area contributed by atoms with Gasteiger partial charge in [0, 0.05) is 12.1 Å². The molecular weight excluding hydrogens is 208 g/mol. The normalized spacial score (nSPS) is 15.5. The van der Waals surface area contributed by atoms with E-state index < -0.39 is 18.0 Å². The highest BCUT2D eigenvalue weighted by Crippen LogP contribution is 2.30.